The Labute approximate surface area is 190 Å². The number of carbonyl (C=O) groups is 2. The van der Waals surface area contributed by atoms with Crippen LogP contribution >= 0.6 is 23.2 Å². The molecule has 0 aliphatic carbocycles. The van der Waals surface area contributed by atoms with E-state index in [2.05, 4.69) is 27.4 Å². The number of nitrogens with zero attached hydrogens (tertiary/aromatic N) is 2. The number of hydrogen-bond donors (Lipinski definition) is 2. The van der Waals surface area contributed by atoms with Crippen LogP contribution in [0.3, 0.4) is 0 Å². The van der Waals surface area contributed by atoms with Gasteiger partial charge in [0.05, 0.1) is 10.6 Å². The number of piperazine rings is 1. The summed E-state index contributed by atoms with van der Waals surface area (Å²) < 4.78 is 0. The molecule has 1 atom stereocenters. The van der Waals surface area contributed by atoms with Crippen LogP contribution in [-0.2, 0) is 4.79 Å². The summed E-state index contributed by atoms with van der Waals surface area (Å²) in [6, 6.07) is 4.11. The third-order valence-corrected chi connectivity index (χ3v) is 5.91. The summed E-state index contributed by atoms with van der Waals surface area (Å²) in [7, 11) is 0. The van der Waals surface area contributed by atoms with E-state index in [1.54, 1.807) is 12.1 Å². The summed E-state index contributed by atoms with van der Waals surface area (Å²) in [6.45, 7) is 13.3. The summed E-state index contributed by atoms with van der Waals surface area (Å²) in [4.78, 5) is 30.2. The van der Waals surface area contributed by atoms with Crippen LogP contribution in [-0.4, -0.2) is 73.5 Å². The van der Waals surface area contributed by atoms with Crippen LogP contribution in [0.1, 0.15) is 44.0 Å². The van der Waals surface area contributed by atoms with Gasteiger partial charge in [-0.05, 0) is 50.0 Å². The van der Waals surface area contributed by atoms with E-state index in [0.29, 0.717) is 23.6 Å². The van der Waals surface area contributed by atoms with Crippen molar-refractivity contribution in [3.05, 3.63) is 33.8 Å². The van der Waals surface area contributed by atoms with Crippen LogP contribution in [0.15, 0.2) is 18.2 Å². The predicted octanol–water partition coefficient (Wildman–Crippen LogP) is 3.28. The lowest BCUT2D eigenvalue weighted by Gasteiger charge is -2.34. The highest BCUT2D eigenvalue weighted by atomic mass is 35.5. The van der Waals surface area contributed by atoms with Crippen molar-refractivity contribution in [2.24, 2.45) is 5.92 Å². The van der Waals surface area contributed by atoms with E-state index in [0.717, 1.165) is 45.7 Å². The molecule has 1 fully saturated rings. The Bertz CT molecular complexity index is 706. The minimum absolute atomic E-state index is 0.155. The average molecular weight is 457 g/mol. The van der Waals surface area contributed by atoms with Gasteiger partial charge in [-0.1, -0.05) is 44.0 Å². The van der Waals surface area contributed by atoms with Crippen molar-refractivity contribution in [3.63, 3.8) is 0 Å². The largest absolute Gasteiger partial charge is 0.354 e. The molecule has 0 saturated carbocycles. The van der Waals surface area contributed by atoms with E-state index in [9.17, 15) is 9.59 Å². The van der Waals surface area contributed by atoms with Gasteiger partial charge in [0.2, 0.25) is 5.91 Å². The zero-order valence-electron chi connectivity index (χ0n) is 18.2. The summed E-state index contributed by atoms with van der Waals surface area (Å²) in [6.07, 6.45) is 1.45. The molecule has 2 N–H and O–H groups in total. The molecule has 6 nitrogen and oxygen atoms in total. The summed E-state index contributed by atoms with van der Waals surface area (Å²) >= 11 is 12.0. The molecule has 1 saturated heterocycles. The van der Waals surface area contributed by atoms with Crippen LogP contribution in [0, 0.1) is 5.92 Å². The molecule has 8 heteroatoms. The fraction of sp³-hybridized carbons (Fsp3) is 0.636. The molecule has 0 aromatic heterocycles. The molecule has 0 radical (unpaired) electrons. The van der Waals surface area contributed by atoms with E-state index in [1.165, 1.54) is 6.07 Å². The molecule has 1 unspecified atom stereocenters. The molecule has 2 amide bonds. The Hall–Kier alpha value is -1.34. The third-order valence-electron chi connectivity index (χ3n) is 5.37. The minimum atomic E-state index is -0.600. The Morgan fingerprint density at radius 2 is 1.77 bits per heavy atom. The minimum Gasteiger partial charge on any atom is -0.354 e. The van der Waals surface area contributed by atoms with Gasteiger partial charge in [-0.15, -0.1) is 0 Å². The monoisotopic (exact) mass is 456 g/mol. The number of halogens is 2. The van der Waals surface area contributed by atoms with Crippen molar-refractivity contribution in [1.82, 2.24) is 20.4 Å². The lowest BCUT2D eigenvalue weighted by Crippen LogP contribution is -2.48. The molecular weight excluding hydrogens is 423 g/mol. The summed E-state index contributed by atoms with van der Waals surface area (Å²) in [5.41, 5.74) is 0.314. The quantitative estimate of drug-likeness (QED) is 0.530. The van der Waals surface area contributed by atoms with E-state index in [-0.39, 0.29) is 22.8 Å². The number of likely N-dealkylation sites (N-methyl/N-ethyl adjacent to an activating group) is 1. The molecule has 1 aliphatic heterocycles. The first kappa shape index (κ1) is 24.9. The van der Waals surface area contributed by atoms with Crippen LogP contribution in [0.4, 0.5) is 0 Å². The normalized spacial score (nSPS) is 16.5. The average Bonchev–Trinajstić information content (AvgIpc) is 2.70. The third kappa shape index (κ3) is 8.06. The number of amides is 2. The molecule has 30 heavy (non-hydrogen) atoms. The maximum absolute atomic E-state index is 12.7. The zero-order chi connectivity index (χ0) is 22.1. The lowest BCUT2D eigenvalue weighted by molar-refractivity contribution is -0.123. The standard InChI is InChI=1S/C22H34Cl2N4O2/c1-4-27-10-12-28(13-11-27)9-5-8-25-22(30)20(14-16(2)3)26-21(29)18-7-6-17(23)15-19(18)24/h6-7,15-16,20H,4-5,8-14H2,1-3H3,(H,25,30)(H,26,29). The lowest BCUT2D eigenvalue weighted by atomic mass is 10.0. The second kappa shape index (κ2) is 12.5. The maximum atomic E-state index is 12.7. The second-order valence-electron chi connectivity index (χ2n) is 8.20. The molecule has 0 bridgehead atoms. The second-order valence-corrected chi connectivity index (χ2v) is 9.04. The first-order valence-corrected chi connectivity index (χ1v) is 11.5. The Kier molecular flexibility index (Phi) is 10.4. The molecule has 1 aliphatic rings. The molecule has 2 rings (SSSR count). The predicted molar refractivity (Wildman–Crippen MR) is 123 cm³/mol. The molecule has 168 valence electrons. The van der Waals surface area contributed by atoms with Gasteiger partial charge in [0.1, 0.15) is 6.04 Å². The number of hydrogen-bond acceptors (Lipinski definition) is 4. The van der Waals surface area contributed by atoms with Gasteiger partial charge in [-0.25, -0.2) is 0 Å². The van der Waals surface area contributed by atoms with Crippen molar-refractivity contribution in [3.8, 4) is 0 Å². The fourth-order valence-corrected chi connectivity index (χ4v) is 4.07. The van der Waals surface area contributed by atoms with Gasteiger partial charge in [-0.2, -0.15) is 0 Å². The number of benzene rings is 1. The van der Waals surface area contributed by atoms with Gasteiger partial charge in [0, 0.05) is 37.7 Å². The summed E-state index contributed by atoms with van der Waals surface area (Å²) in [5, 5.41) is 6.55. The topological polar surface area (TPSA) is 64.7 Å². The van der Waals surface area contributed by atoms with Crippen molar-refractivity contribution < 1.29 is 9.59 Å². The van der Waals surface area contributed by atoms with Gasteiger partial charge in [-0.3, -0.25) is 9.59 Å². The smallest absolute Gasteiger partial charge is 0.253 e. The van der Waals surface area contributed by atoms with Crippen LogP contribution < -0.4 is 10.6 Å². The molecule has 1 heterocycles. The first-order chi connectivity index (χ1) is 14.3. The molecule has 1 aromatic carbocycles. The number of nitrogens with one attached hydrogen (secondary N) is 2. The van der Waals surface area contributed by atoms with Gasteiger partial charge in [0.25, 0.3) is 5.91 Å². The number of carbonyl (C=O) groups excluding carboxylic acids is 2. The Balaban J connectivity index is 1.82. The first-order valence-electron chi connectivity index (χ1n) is 10.8. The molecule has 0 spiro atoms. The van der Waals surface area contributed by atoms with Gasteiger partial charge >= 0.3 is 0 Å². The van der Waals surface area contributed by atoms with Crippen LogP contribution in [0.25, 0.3) is 0 Å². The van der Waals surface area contributed by atoms with E-state index in [4.69, 9.17) is 23.2 Å². The van der Waals surface area contributed by atoms with Gasteiger partial charge < -0.3 is 20.4 Å². The Morgan fingerprint density at radius 3 is 2.37 bits per heavy atom. The van der Waals surface area contributed by atoms with Crippen LogP contribution in [0.2, 0.25) is 10.0 Å². The molecule has 1 aromatic rings. The van der Waals surface area contributed by atoms with Crippen molar-refractivity contribution in [2.75, 3.05) is 45.8 Å². The summed E-state index contributed by atoms with van der Waals surface area (Å²) in [5.74, 6) is -0.263. The van der Waals surface area contributed by atoms with Crippen molar-refractivity contribution >= 4 is 35.0 Å². The van der Waals surface area contributed by atoms with Gasteiger partial charge in [0.15, 0.2) is 0 Å². The maximum Gasteiger partial charge on any atom is 0.253 e. The highest BCUT2D eigenvalue weighted by Crippen LogP contribution is 2.21. The van der Waals surface area contributed by atoms with E-state index < -0.39 is 6.04 Å². The van der Waals surface area contributed by atoms with E-state index in [1.807, 2.05) is 13.8 Å². The Morgan fingerprint density at radius 1 is 1.10 bits per heavy atom. The van der Waals surface area contributed by atoms with Crippen molar-refractivity contribution in [1.29, 1.82) is 0 Å². The van der Waals surface area contributed by atoms with Crippen molar-refractivity contribution in [2.45, 2.75) is 39.7 Å². The van der Waals surface area contributed by atoms with Crippen LogP contribution in [0.5, 0.6) is 0 Å². The zero-order valence-corrected chi connectivity index (χ0v) is 19.7. The highest BCUT2D eigenvalue weighted by Gasteiger charge is 2.23. The highest BCUT2D eigenvalue weighted by molar-refractivity contribution is 6.36. The molecular formula is C22H34Cl2N4O2. The fourth-order valence-electron chi connectivity index (χ4n) is 3.58. The SMILES string of the molecule is CCN1CCN(CCCNC(=O)C(CC(C)C)NC(=O)c2ccc(Cl)cc2Cl)CC1. The van der Waals surface area contributed by atoms with E-state index >= 15 is 0 Å². The number of rotatable bonds is 10.